The van der Waals surface area contributed by atoms with Crippen LogP contribution in [0.3, 0.4) is 0 Å². The van der Waals surface area contributed by atoms with Crippen LogP contribution in [0, 0.1) is 0 Å². The van der Waals surface area contributed by atoms with Gasteiger partial charge in [0, 0.05) is 22.6 Å². The van der Waals surface area contributed by atoms with Gasteiger partial charge in [-0.1, -0.05) is 5.16 Å². The molecule has 0 aromatic carbocycles. The molecule has 0 aliphatic heterocycles. The van der Waals surface area contributed by atoms with E-state index in [1.54, 1.807) is 6.20 Å². The van der Waals surface area contributed by atoms with Crippen LogP contribution in [-0.4, -0.2) is 20.7 Å². The number of nitrogens with zero attached hydrogens (tertiary/aromatic N) is 3. The van der Waals surface area contributed by atoms with E-state index in [0.29, 0.717) is 23.8 Å². The van der Waals surface area contributed by atoms with Gasteiger partial charge >= 0.3 is 0 Å². The highest BCUT2D eigenvalue weighted by Gasteiger charge is 2.16. The number of halogens is 1. The lowest BCUT2D eigenvalue weighted by Crippen LogP contribution is -2.32. The predicted molar refractivity (Wildman–Crippen MR) is 71.8 cm³/mol. The van der Waals surface area contributed by atoms with Crippen molar-refractivity contribution in [2.24, 2.45) is 5.73 Å². The number of rotatable bonds is 4. The molecule has 96 valence electrons. The van der Waals surface area contributed by atoms with Crippen molar-refractivity contribution in [2.75, 3.05) is 0 Å². The minimum Gasteiger partial charge on any atom is -0.339 e. The highest BCUT2D eigenvalue weighted by Crippen LogP contribution is 2.23. The molecule has 18 heavy (non-hydrogen) atoms. The minimum atomic E-state index is -0.236. The highest BCUT2D eigenvalue weighted by atomic mass is 79.9. The van der Waals surface area contributed by atoms with Crippen molar-refractivity contribution in [3.05, 3.63) is 28.7 Å². The summed E-state index contributed by atoms with van der Waals surface area (Å²) in [6.45, 7) is 3.94. The molecule has 0 saturated carbocycles. The Morgan fingerprint density at radius 1 is 1.44 bits per heavy atom. The largest absolute Gasteiger partial charge is 0.339 e. The highest BCUT2D eigenvalue weighted by molar-refractivity contribution is 9.10. The van der Waals surface area contributed by atoms with Crippen molar-refractivity contribution in [1.29, 1.82) is 0 Å². The second-order valence-electron chi connectivity index (χ2n) is 4.83. The number of nitrogens with two attached hydrogens (primary N) is 1. The van der Waals surface area contributed by atoms with Gasteiger partial charge in [-0.15, -0.1) is 0 Å². The number of hydrogen-bond acceptors (Lipinski definition) is 5. The Balaban J connectivity index is 2.14. The summed E-state index contributed by atoms with van der Waals surface area (Å²) in [5.74, 6) is 1.08. The molecule has 0 fully saturated rings. The molecule has 2 heterocycles. The first-order valence-electron chi connectivity index (χ1n) is 5.68. The zero-order chi connectivity index (χ0) is 13.2. The Morgan fingerprint density at radius 2 is 2.22 bits per heavy atom. The van der Waals surface area contributed by atoms with Gasteiger partial charge in [0.25, 0.3) is 0 Å². The summed E-state index contributed by atoms with van der Waals surface area (Å²) in [6, 6.07) is 3.73. The summed E-state index contributed by atoms with van der Waals surface area (Å²) in [6.07, 6.45) is 3.15. The fourth-order valence-corrected chi connectivity index (χ4v) is 1.86. The molecular weight excluding hydrogens is 296 g/mol. The fourth-order valence-electron chi connectivity index (χ4n) is 1.43. The summed E-state index contributed by atoms with van der Waals surface area (Å²) in [5, 5.41) is 3.93. The summed E-state index contributed by atoms with van der Waals surface area (Å²) >= 11 is 3.41. The van der Waals surface area contributed by atoms with Gasteiger partial charge in [-0.3, -0.25) is 4.98 Å². The first-order valence-corrected chi connectivity index (χ1v) is 6.47. The number of pyridine rings is 1. The molecule has 2 aromatic heterocycles. The Bertz CT molecular complexity index is 533. The third-order valence-corrected chi connectivity index (χ3v) is 3.06. The molecular formula is C12H15BrN4O. The summed E-state index contributed by atoms with van der Waals surface area (Å²) in [5.41, 5.74) is 6.36. The fraction of sp³-hybridized carbons (Fsp3) is 0.417. The molecule has 5 nitrogen and oxygen atoms in total. The van der Waals surface area contributed by atoms with Crippen molar-refractivity contribution in [1.82, 2.24) is 15.1 Å². The maximum atomic E-state index is 5.92. The van der Waals surface area contributed by atoms with Crippen LogP contribution in [0.25, 0.3) is 11.5 Å². The van der Waals surface area contributed by atoms with Crippen LogP contribution in [0.5, 0.6) is 0 Å². The number of aryl methyl sites for hydroxylation is 1. The molecule has 0 spiro atoms. The maximum absolute atomic E-state index is 5.92. The van der Waals surface area contributed by atoms with E-state index in [9.17, 15) is 0 Å². The van der Waals surface area contributed by atoms with Crippen molar-refractivity contribution in [3.8, 4) is 11.5 Å². The summed E-state index contributed by atoms with van der Waals surface area (Å²) < 4.78 is 6.04. The van der Waals surface area contributed by atoms with Crippen LogP contribution in [0.2, 0.25) is 0 Å². The van der Waals surface area contributed by atoms with Gasteiger partial charge in [-0.25, -0.2) is 0 Å². The van der Waals surface area contributed by atoms with Gasteiger partial charge < -0.3 is 10.3 Å². The van der Waals surface area contributed by atoms with Gasteiger partial charge in [0.2, 0.25) is 11.7 Å². The lowest BCUT2D eigenvalue weighted by atomic mass is 10.0. The normalized spacial score (nSPS) is 11.8. The molecule has 0 radical (unpaired) electrons. The zero-order valence-corrected chi connectivity index (χ0v) is 11.9. The van der Waals surface area contributed by atoms with E-state index in [-0.39, 0.29) is 5.54 Å². The van der Waals surface area contributed by atoms with Crippen molar-refractivity contribution in [3.63, 3.8) is 0 Å². The molecule has 0 bridgehead atoms. The molecule has 2 rings (SSSR count). The first kappa shape index (κ1) is 13.2. The Morgan fingerprint density at radius 3 is 2.89 bits per heavy atom. The van der Waals surface area contributed by atoms with E-state index < -0.39 is 0 Å². The standard InChI is InChI=1S/C12H15BrN4O/c1-12(2,14)6-5-9-16-11(17-18-9)10-8(13)4-3-7-15-10/h3-4,7H,5-6,14H2,1-2H3. The van der Waals surface area contributed by atoms with Crippen molar-refractivity contribution in [2.45, 2.75) is 32.2 Å². The molecule has 0 saturated heterocycles. The molecule has 6 heteroatoms. The van der Waals surface area contributed by atoms with Crippen LogP contribution < -0.4 is 5.73 Å². The van der Waals surface area contributed by atoms with E-state index in [1.807, 2.05) is 26.0 Å². The van der Waals surface area contributed by atoms with Gasteiger partial charge in [0.05, 0.1) is 0 Å². The van der Waals surface area contributed by atoms with Gasteiger partial charge in [0.15, 0.2) is 0 Å². The van der Waals surface area contributed by atoms with Crippen molar-refractivity contribution >= 4 is 15.9 Å². The summed E-state index contributed by atoms with van der Waals surface area (Å²) in [4.78, 5) is 8.53. The minimum absolute atomic E-state index is 0.236. The molecule has 0 atom stereocenters. The van der Waals surface area contributed by atoms with Gasteiger partial charge in [0.1, 0.15) is 5.69 Å². The number of hydrogen-bond donors (Lipinski definition) is 1. The van der Waals surface area contributed by atoms with Gasteiger partial charge in [-0.2, -0.15) is 4.98 Å². The molecule has 0 aliphatic carbocycles. The molecule has 0 amide bonds. The van der Waals surface area contributed by atoms with Crippen LogP contribution in [0.4, 0.5) is 0 Å². The van der Waals surface area contributed by atoms with E-state index in [1.165, 1.54) is 0 Å². The third-order valence-electron chi connectivity index (χ3n) is 2.42. The molecule has 2 aromatic rings. The van der Waals surface area contributed by atoms with Gasteiger partial charge in [-0.05, 0) is 48.3 Å². The predicted octanol–water partition coefficient (Wildman–Crippen LogP) is 2.56. The van der Waals surface area contributed by atoms with E-state index >= 15 is 0 Å². The summed E-state index contributed by atoms with van der Waals surface area (Å²) in [7, 11) is 0. The van der Waals surface area contributed by atoms with E-state index in [2.05, 4.69) is 31.1 Å². The Labute approximate surface area is 114 Å². The smallest absolute Gasteiger partial charge is 0.227 e. The zero-order valence-electron chi connectivity index (χ0n) is 10.4. The second-order valence-corrected chi connectivity index (χ2v) is 5.69. The Hall–Kier alpha value is -1.27. The lowest BCUT2D eigenvalue weighted by molar-refractivity contribution is 0.358. The average molecular weight is 311 g/mol. The number of aromatic nitrogens is 3. The van der Waals surface area contributed by atoms with Crippen LogP contribution in [0.1, 0.15) is 26.2 Å². The maximum Gasteiger partial charge on any atom is 0.227 e. The SMILES string of the molecule is CC(C)(N)CCc1nc(-c2ncccc2Br)no1. The van der Waals surface area contributed by atoms with Crippen molar-refractivity contribution < 1.29 is 4.52 Å². The lowest BCUT2D eigenvalue weighted by Gasteiger charge is -2.16. The monoisotopic (exact) mass is 310 g/mol. The average Bonchev–Trinajstić information content (AvgIpc) is 2.75. The van der Waals surface area contributed by atoms with E-state index in [0.717, 1.165) is 10.9 Å². The van der Waals surface area contributed by atoms with E-state index in [4.69, 9.17) is 10.3 Å². The molecule has 0 unspecified atom stereocenters. The van der Waals surface area contributed by atoms with Crippen LogP contribution in [-0.2, 0) is 6.42 Å². The second kappa shape index (κ2) is 5.16. The quantitative estimate of drug-likeness (QED) is 0.939. The third kappa shape index (κ3) is 3.36. The van der Waals surface area contributed by atoms with Crippen LogP contribution >= 0.6 is 15.9 Å². The molecule has 0 aliphatic rings. The first-order chi connectivity index (χ1) is 8.46. The Kier molecular flexibility index (Phi) is 3.77. The molecule has 2 N–H and O–H groups in total. The topological polar surface area (TPSA) is 77.8 Å². The van der Waals surface area contributed by atoms with Crippen LogP contribution in [0.15, 0.2) is 27.3 Å².